The molecule has 1 atom stereocenters. The number of hydrogen-bond acceptors (Lipinski definition) is 6. The number of likely N-dealkylation sites (tertiary alicyclic amines) is 1. The van der Waals surface area contributed by atoms with Gasteiger partial charge in [0.25, 0.3) is 5.69 Å². The van der Waals surface area contributed by atoms with Crippen LogP contribution in [-0.4, -0.2) is 64.7 Å². The van der Waals surface area contributed by atoms with Gasteiger partial charge in [-0.25, -0.2) is 0 Å². The number of piperidine rings is 1. The van der Waals surface area contributed by atoms with Crippen molar-refractivity contribution in [2.45, 2.75) is 77.2 Å². The van der Waals surface area contributed by atoms with Crippen molar-refractivity contribution in [1.29, 1.82) is 0 Å². The number of nitrogens with zero attached hydrogens (tertiary/aromatic N) is 4. The molecule has 0 radical (unpaired) electrons. The Bertz CT molecular complexity index is 1600. The van der Waals surface area contributed by atoms with Crippen molar-refractivity contribution in [2.75, 3.05) is 26.2 Å². The van der Waals surface area contributed by atoms with E-state index in [9.17, 15) is 19.7 Å². The monoisotopic (exact) mass is 663 g/mol. The first kappa shape index (κ1) is 35.5. The molecule has 258 valence electrons. The molecule has 3 aromatic carbocycles. The Labute approximate surface area is 290 Å². The Balaban J connectivity index is 1.39. The number of carbonyl (C=O) groups is 2. The summed E-state index contributed by atoms with van der Waals surface area (Å²) in [7, 11) is 0. The number of dihydropyridines is 1. The summed E-state index contributed by atoms with van der Waals surface area (Å²) in [4.78, 5) is 42.6. The highest BCUT2D eigenvalue weighted by Gasteiger charge is 2.39. The van der Waals surface area contributed by atoms with E-state index < -0.39 is 10.8 Å². The van der Waals surface area contributed by atoms with Crippen molar-refractivity contribution < 1.29 is 14.5 Å². The molecular weight excluding hydrogens is 614 g/mol. The second-order valence-corrected chi connectivity index (χ2v) is 13.3. The van der Waals surface area contributed by atoms with Crippen LogP contribution in [0.15, 0.2) is 108 Å². The van der Waals surface area contributed by atoms with Gasteiger partial charge in [0.2, 0.25) is 12.8 Å². The van der Waals surface area contributed by atoms with E-state index in [0.29, 0.717) is 19.4 Å². The summed E-state index contributed by atoms with van der Waals surface area (Å²) in [6.45, 7) is 11.3. The zero-order valence-corrected chi connectivity index (χ0v) is 29.2. The number of hydrogen-bond donors (Lipinski definition) is 1. The maximum Gasteiger partial charge on any atom is 0.269 e. The predicted molar refractivity (Wildman–Crippen MR) is 193 cm³/mol. The van der Waals surface area contributed by atoms with Gasteiger partial charge in [0.05, 0.1) is 22.2 Å². The van der Waals surface area contributed by atoms with Crippen molar-refractivity contribution in [3.63, 3.8) is 0 Å². The van der Waals surface area contributed by atoms with E-state index in [2.05, 4.69) is 77.8 Å². The van der Waals surface area contributed by atoms with Gasteiger partial charge in [0.1, 0.15) is 0 Å². The molecule has 5 rings (SSSR count). The molecule has 2 amide bonds. The third-order valence-electron chi connectivity index (χ3n) is 10.2. The van der Waals surface area contributed by atoms with Crippen molar-refractivity contribution in [3.8, 4) is 0 Å². The molecule has 9 heteroatoms. The predicted octanol–water partition coefficient (Wildman–Crippen LogP) is 7.32. The van der Waals surface area contributed by atoms with E-state index >= 15 is 0 Å². The quantitative estimate of drug-likeness (QED) is 0.104. The van der Waals surface area contributed by atoms with Crippen LogP contribution in [0.1, 0.15) is 82.4 Å². The standard InChI is InChI=1S/C40H49N5O4/c1-5-35-38(37(31-18-20-34(21-19-31)45(48)49)39(36(6-2)41-35)44(29-47)30(3)4)43(28-46)25-13-24-42-26-22-40(23-27-42,32-14-9-7-10-15-32)33-16-11-8-12-17-33/h7-12,14-21,28-30,37,41H,5-6,13,22-27H2,1-4H3. The molecule has 0 saturated carbocycles. The number of rotatable bonds is 15. The lowest BCUT2D eigenvalue weighted by atomic mass is 9.68. The first-order valence-corrected chi connectivity index (χ1v) is 17.5. The molecule has 2 heterocycles. The molecule has 2 aliphatic heterocycles. The van der Waals surface area contributed by atoms with Gasteiger partial charge in [-0.15, -0.1) is 0 Å². The van der Waals surface area contributed by atoms with Crippen LogP contribution in [-0.2, 0) is 15.0 Å². The average Bonchev–Trinajstić information content (AvgIpc) is 3.14. The molecule has 1 fully saturated rings. The van der Waals surface area contributed by atoms with E-state index in [1.807, 2.05) is 20.8 Å². The van der Waals surface area contributed by atoms with Crippen LogP contribution in [0.25, 0.3) is 0 Å². The fraction of sp³-hybridized carbons (Fsp3) is 0.400. The molecule has 0 aliphatic carbocycles. The summed E-state index contributed by atoms with van der Waals surface area (Å²) in [5, 5.41) is 15.1. The molecule has 3 aromatic rings. The van der Waals surface area contributed by atoms with Crippen molar-refractivity contribution in [2.24, 2.45) is 0 Å². The minimum atomic E-state index is -0.461. The van der Waals surface area contributed by atoms with Crippen LogP contribution in [0.5, 0.6) is 0 Å². The lowest BCUT2D eigenvalue weighted by molar-refractivity contribution is -0.384. The number of benzene rings is 3. The summed E-state index contributed by atoms with van der Waals surface area (Å²) in [5.74, 6) is -0.461. The normalized spacial score (nSPS) is 17.9. The highest BCUT2D eigenvalue weighted by atomic mass is 16.6. The van der Waals surface area contributed by atoms with Crippen LogP contribution < -0.4 is 5.32 Å². The Morgan fingerprint density at radius 3 is 1.88 bits per heavy atom. The Kier molecular flexibility index (Phi) is 11.7. The topological polar surface area (TPSA) is 99.0 Å². The molecule has 1 N–H and O–H groups in total. The number of nitro benzene ring substituents is 1. The van der Waals surface area contributed by atoms with Gasteiger partial charge in [-0.3, -0.25) is 19.7 Å². The van der Waals surface area contributed by atoms with Gasteiger partial charge < -0.3 is 20.0 Å². The first-order chi connectivity index (χ1) is 23.8. The smallest absolute Gasteiger partial charge is 0.269 e. The second-order valence-electron chi connectivity index (χ2n) is 13.3. The van der Waals surface area contributed by atoms with Gasteiger partial charge >= 0.3 is 0 Å². The highest BCUT2D eigenvalue weighted by Crippen LogP contribution is 2.44. The summed E-state index contributed by atoms with van der Waals surface area (Å²) in [5.41, 5.74) is 6.86. The van der Waals surface area contributed by atoms with Crippen molar-refractivity contribution in [3.05, 3.63) is 135 Å². The SMILES string of the molecule is CCC1=C(N(C=O)CCCN2CCC(c3ccccc3)(c3ccccc3)CC2)C(c2ccc([N+](=O)[O-])cc2)C(N(C=O)C(C)C)=C(CC)N1. The van der Waals surface area contributed by atoms with Crippen LogP contribution in [0, 0.1) is 10.1 Å². The summed E-state index contributed by atoms with van der Waals surface area (Å²) in [6, 6.07) is 28.0. The summed E-state index contributed by atoms with van der Waals surface area (Å²) in [6.07, 6.45) is 5.84. The highest BCUT2D eigenvalue weighted by molar-refractivity contribution is 5.61. The Morgan fingerprint density at radius 2 is 1.41 bits per heavy atom. The maximum atomic E-state index is 13.0. The van der Waals surface area contributed by atoms with Crippen LogP contribution in [0.4, 0.5) is 5.69 Å². The minimum absolute atomic E-state index is 0.00593. The van der Waals surface area contributed by atoms with E-state index in [1.54, 1.807) is 21.9 Å². The third kappa shape index (κ3) is 7.47. The fourth-order valence-corrected chi connectivity index (χ4v) is 7.64. The average molecular weight is 664 g/mol. The molecule has 0 spiro atoms. The number of amides is 2. The number of carbonyl (C=O) groups excluding carboxylic acids is 2. The maximum absolute atomic E-state index is 13.0. The minimum Gasteiger partial charge on any atom is -0.359 e. The van der Waals surface area contributed by atoms with Gasteiger partial charge in [-0.1, -0.05) is 86.6 Å². The van der Waals surface area contributed by atoms with Crippen LogP contribution in [0.2, 0.25) is 0 Å². The zero-order valence-electron chi connectivity index (χ0n) is 29.2. The lowest BCUT2D eigenvalue weighted by Crippen LogP contribution is -2.44. The van der Waals surface area contributed by atoms with Crippen molar-refractivity contribution in [1.82, 2.24) is 20.0 Å². The third-order valence-corrected chi connectivity index (χ3v) is 10.2. The molecule has 1 saturated heterocycles. The molecule has 1 unspecified atom stereocenters. The fourth-order valence-electron chi connectivity index (χ4n) is 7.64. The van der Waals surface area contributed by atoms with E-state index in [4.69, 9.17) is 0 Å². The molecule has 2 aliphatic rings. The van der Waals surface area contributed by atoms with E-state index in [1.165, 1.54) is 23.3 Å². The van der Waals surface area contributed by atoms with Gasteiger partial charge in [-0.05, 0) is 82.3 Å². The Morgan fingerprint density at radius 1 is 0.857 bits per heavy atom. The molecule has 9 nitrogen and oxygen atoms in total. The molecular formula is C40H49N5O4. The molecule has 0 bridgehead atoms. The van der Waals surface area contributed by atoms with Gasteiger partial charge in [0.15, 0.2) is 0 Å². The number of non-ortho nitro benzene ring substituents is 1. The van der Waals surface area contributed by atoms with E-state index in [0.717, 1.165) is 80.1 Å². The van der Waals surface area contributed by atoms with E-state index in [-0.39, 0.29) is 17.1 Å². The molecule has 49 heavy (non-hydrogen) atoms. The summed E-state index contributed by atoms with van der Waals surface area (Å²) >= 11 is 0. The van der Waals surface area contributed by atoms with Gasteiger partial charge in [-0.2, -0.15) is 0 Å². The van der Waals surface area contributed by atoms with Gasteiger partial charge in [0, 0.05) is 41.5 Å². The lowest BCUT2D eigenvalue weighted by Gasteiger charge is -2.43. The first-order valence-electron chi connectivity index (χ1n) is 17.5. The van der Waals surface area contributed by atoms with Crippen LogP contribution >= 0.6 is 0 Å². The largest absolute Gasteiger partial charge is 0.359 e. The van der Waals surface area contributed by atoms with Crippen molar-refractivity contribution >= 4 is 18.5 Å². The zero-order chi connectivity index (χ0) is 35.0. The summed E-state index contributed by atoms with van der Waals surface area (Å²) < 4.78 is 0. The Hall–Kier alpha value is -4.76. The number of nitrogens with one attached hydrogen (secondary N) is 1. The second kappa shape index (κ2) is 16.1. The molecule has 0 aromatic heterocycles. The number of nitro groups is 1. The number of allylic oxidation sites excluding steroid dienone is 2. The van der Waals surface area contributed by atoms with Crippen LogP contribution in [0.3, 0.4) is 0 Å².